The third-order valence-electron chi connectivity index (χ3n) is 4.76. The molecule has 0 aromatic rings. The summed E-state index contributed by atoms with van der Waals surface area (Å²) in [4.78, 5) is 2.71. The maximum Gasteiger partial charge on any atom is 0.0282 e. The Labute approximate surface area is 80.8 Å². The Morgan fingerprint density at radius 1 is 1.62 bits per heavy atom. The van der Waals surface area contributed by atoms with Crippen LogP contribution >= 0.6 is 0 Å². The second-order valence-corrected chi connectivity index (χ2v) is 5.65. The fourth-order valence-electron chi connectivity index (χ4n) is 4.04. The molecular formula is C12H19N. The van der Waals surface area contributed by atoms with Gasteiger partial charge in [0.1, 0.15) is 0 Å². The van der Waals surface area contributed by atoms with Crippen LogP contribution < -0.4 is 0 Å². The van der Waals surface area contributed by atoms with Gasteiger partial charge < -0.3 is 0 Å². The van der Waals surface area contributed by atoms with E-state index < -0.39 is 0 Å². The fraction of sp³-hybridized carbons (Fsp3) is 0.833. The first kappa shape index (κ1) is 8.05. The summed E-state index contributed by atoms with van der Waals surface area (Å²) in [5.41, 5.74) is 2.71. The van der Waals surface area contributed by atoms with Gasteiger partial charge in [-0.3, -0.25) is 4.90 Å². The van der Waals surface area contributed by atoms with Gasteiger partial charge >= 0.3 is 0 Å². The molecule has 3 aliphatic rings. The van der Waals surface area contributed by atoms with Crippen molar-refractivity contribution in [1.82, 2.24) is 4.90 Å². The molecule has 0 aromatic heterocycles. The second-order valence-electron chi connectivity index (χ2n) is 5.65. The summed E-state index contributed by atoms with van der Waals surface area (Å²) in [6.45, 7) is 11.5. The lowest BCUT2D eigenvalue weighted by molar-refractivity contribution is 0.150. The van der Waals surface area contributed by atoms with Gasteiger partial charge in [-0.15, -0.1) is 0 Å². The molecule has 0 bridgehead atoms. The summed E-state index contributed by atoms with van der Waals surface area (Å²) in [5, 5.41) is 0. The van der Waals surface area contributed by atoms with E-state index >= 15 is 0 Å². The maximum absolute atomic E-state index is 4.16. The summed E-state index contributed by atoms with van der Waals surface area (Å²) < 4.78 is 0. The van der Waals surface area contributed by atoms with Gasteiger partial charge in [-0.25, -0.2) is 0 Å². The SMILES string of the molecule is C=C1CN2CC3(C)CC3C2(CC)C1. The standard InChI is InChI=1S/C12H19N/c1-4-12-5-9(2)7-13(12)8-11(3)6-10(11)12/h10H,2,4-8H2,1,3H3. The van der Waals surface area contributed by atoms with E-state index in [1.54, 1.807) is 0 Å². The highest BCUT2D eigenvalue weighted by Gasteiger charge is 2.69. The van der Waals surface area contributed by atoms with Crippen LogP contribution in [0.3, 0.4) is 0 Å². The molecule has 2 saturated heterocycles. The van der Waals surface area contributed by atoms with Gasteiger partial charge in [0.2, 0.25) is 0 Å². The third kappa shape index (κ3) is 0.775. The average molecular weight is 177 g/mol. The van der Waals surface area contributed by atoms with Gasteiger partial charge in [-0.05, 0) is 30.6 Å². The molecule has 3 atom stereocenters. The van der Waals surface area contributed by atoms with Crippen LogP contribution in [-0.2, 0) is 0 Å². The topological polar surface area (TPSA) is 3.24 Å². The number of hydrogen-bond donors (Lipinski definition) is 0. The molecule has 0 N–H and O–H groups in total. The van der Waals surface area contributed by atoms with Crippen molar-refractivity contribution in [2.45, 2.75) is 38.6 Å². The van der Waals surface area contributed by atoms with E-state index in [1.165, 1.54) is 37.9 Å². The van der Waals surface area contributed by atoms with Crippen molar-refractivity contribution in [3.63, 3.8) is 0 Å². The molecule has 2 heterocycles. The molecule has 0 spiro atoms. The molecule has 1 aliphatic carbocycles. The highest BCUT2D eigenvalue weighted by Crippen LogP contribution is 2.68. The normalized spacial score (nSPS) is 53.7. The van der Waals surface area contributed by atoms with Crippen molar-refractivity contribution in [3.8, 4) is 0 Å². The molecule has 72 valence electrons. The Morgan fingerprint density at radius 3 is 3.00 bits per heavy atom. The Kier molecular flexibility index (Phi) is 1.26. The Balaban J connectivity index is 1.98. The Bertz CT molecular complexity index is 283. The molecule has 2 aliphatic heterocycles. The number of fused-ring (bicyclic) bond motifs is 3. The highest BCUT2D eigenvalue weighted by molar-refractivity contribution is 5.29. The zero-order valence-electron chi connectivity index (χ0n) is 8.77. The van der Waals surface area contributed by atoms with Gasteiger partial charge in [0.05, 0.1) is 0 Å². The third-order valence-corrected chi connectivity index (χ3v) is 4.76. The molecule has 1 saturated carbocycles. The first-order valence-electron chi connectivity index (χ1n) is 5.52. The fourth-order valence-corrected chi connectivity index (χ4v) is 4.04. The highest BCUT2D eigenvalue weighted by atomic mass is 15.3. The lowest BCUT2D eigenvalue weighted by atomic mass is 9.86. The number of nitrogens with zero attached hydrogens (tertiary/aromatic N) is 1. The van der Waals surface area contributed by atoms with Gasteiger partial charge in [-0.2, -0.15) is 0 Å². The number of hydrogen-bond acceptors (Lipinski definition) is 1. The van der Waals surface area contributed by atoms with Gasteiger partial charge in [0.25, 0.3) is 0 Å². The van der Waals surface area contributed by atoms with E-state index in [0.29, 0.717) is 11.0 Å². The Hall–Kier alpha value is -0.300. The number of rotatable bonds is 1. The van der Waals surface area contributed by atoms with Crippen LogP contribution in [0.15, 0.2) is 12.2 Å². The van der Waals surface area contributed by atoms with Crippen LogP contribution in [0.4, 0.5) is 0 Å². The largest absolute Gasteiger partial charge is 0.293 e. The van der Waals surface area contributed by atoms with E-state index in [9.17, 15) is 0 Å². The molecular weight excluding hydrogens is 158 g/mol. The quantitative estimate of drug-likeness (QED) is 0.556. The van der Waals surface area contributed by atoms with E-state index in [2.05, 4.69) is 25.3 Å². The van der Waals surface area contributed by atoms with Crippen LogP contribution in [0.1, 0.15) is 33.1 Å². The summed E-state index contributed by atoms with van der Waals surface area (Å²) in [6, 6.07) is 0. The van der Waals surface area contributed by atoms with E-state index in [0.717, 1.165) is 5.92 Å². The van der Waals surface area contributed by atoms with Crippen LogP contribution in [-0.4, -0.2) is 23.5 Å². The predicted octanol–water partition coefficient (Wildman–Crippen LogP) is 2.44. The van der Waals surface area contributed by atoms with Gasteiger partial charge in [0.15, 0.2) is 0 Å². The minimum Gasteiger partial charge on any atom is -0.293 e. The van der Waals surface area contributed by atoms with Gasteiger partial charge in [0, 0.05) is 18.6 Å². The maximum atomic E-state index is 4.16. The van der Waals surface area contributed by atoms with Crippen LogP contribution in [0.2, 0.25) is 0 Å². The van der Waals surface area contributed by atoms with Crippen molar-refractivity contribution in [1.29, 1.82) is 0 Å². The molecule has 1 heteroatoms. The molecule has 0 aromatic carbocycles. The predicted molar refractivity (Wildman–Crippen MR) is 54.6 cm³/mol. The first-order chi connectivity index (χ1) is 6.11. The average Bonchev–Trinajstić information content (AvgIpc) is 2.51. The molecule has 3 unspecified atom stereocenters. The van der Waals surface area contributed by atoms with Crippen molar-refractivity contribution >= 4 is 0 Å². The van der Waals surface area contributed by atoms with Crippen LogP contribution in [0.25, 0.3) is 0 Å². The molecule has 0 radical (unpaired) electrons. The summed E-state index contributed by atoms with van der Waals surface area (Å²) >= 11 is 0. The van der Waals surface area contributed by atoms with Crippen molar-refractivity contribution in [2.24, 2.45) is 11.3 Å². The van der Waals surface area contributed by atoms with Crippen molar-refractivity contribution in [3.05, 3.63) is 12.2 Å². The zero-order valence-corrected chi connectivity index (χ0v) is 8.77. The van der Waals surface area contributed by atoms with Crippen LogP contribution in [0, 0.1) is 11.3 Å². The lowest BCUT2D eigenvalue weighted by Crippen LogP contribution is -2.41. The van der Waals surface area contributed by atoms with E-state index in [4.69, 9.17) is 0 Å². The van der Waals surface area contributed by atoms with E-state index in [-0.39, 0.29) is 0 Å². The minimum absolute atomic E-state index is 0.547. The molecule has 13 heavy (non-hydrogen) atoms. The first-order valence-corrected chi connectivity index (χ1v) is 5.52. The molecule has 3 fully saturated rings. The lowest BCUT2D eigenvalue weighted by Gasteiger charge is -2.33. The van der Waals surface area contributed by atoms with Gasteiger partial charge in [-0.1, -0.05) is 26.0 Å². The molecule has 3 rings (SSSR count). The number of piperidine rings is 1. The summed E-state index contributed by atoms with van der Waals surface area (Å²) in [5.74, 6) is 0.990. The summed E-state index contributed by atoms with van der Waals surface area (Å²) in [6.07, 6.45) is 4.08. The van der Waals surface area contributed by atoms with Crippen LogP contribution in [0.5, 0.6) is 0 Å². The zero-order chi connectivity index (χ0) is 9.27. The minimum atomic E-state index is 0.547. The second kappa shape index (κ2) is 2.03. The van der Waals surface area contributed by atoms with Crippen molar-refractivity contribution < 1.29 is 0 Å². The molecule has 1 nitrogen and oxygen atoms in total. The smallest absolute Gasteiger partial charge is 0.0282 e. The van der Waals surface area contributed by atoms with Crippen molar-refractivity contribution in [2.75, 3.05) is 13.1 Å². The summed E-state index contributed by atoms with van der Waals surface area (Å²) in [7, 11) is 0. The monoisotopic (exact) mass is 177 g/mol. The Morgan fingerprint density at radius 2 is 2.38 bits per heavy atom. The van der Waals surface area contributed by atoms with E-state index in [1.807, 2.05) is 0 Å². The molecule has 0 amide bonds.